The van der Waals surface area contributed by atoms with E-state index in [0.29, 0.717) is 30.6 Å². The van der Waals surface area contributed by atoms with Crippen molar-refractivity contribution >= 4 is 29.5 Å². The highest BCUT2D eigenvalue weighted by Crippen LogP contribution is 2.39. The molecule has 17 heteroatoms. The average Bonchev–Trinajstić information content (AvgIpc) is 3.64. The first-order chi connectivity index (χ1) is 30.5. The third-order valence-electron chi connectivity index (χ3n) is 11.2. The fourth-order valence-corrected chi connectivity index (χ4v) is 7.96. The summed E-state index contributed by atoms with van der Waals surface area (Å²) in [5.41, 5.74) is -0.688. The molecule has 0 radical (unpaired) electrons. The van der Waals surface area contributed by atoms with Crippen LogP contribution in [0.3, 0.4) is 0 Å². The van der Waals surface area contributed by atoms with E-state index < -0.39 is 70.2 Å². The number of fused-ring (bicyclic) bond motifs is 1. The van der Waals surface area contributed by atoms with Gasteiger partial charge in [0, 0.05) is 37.1 Å². The van der Waals surface area contributed by atoms with Crippen LogP contribution in [0.1, 0.15) is 83.4 Å². The number of nitriles is 1. The van der Waals surface area contributed by atoms with Gasteiger partial charge in [0.25, 0.3) is 17.7 Å². The van der Waals surface area contributed by atoms with E-state index >= 15 is 4.39 Å². The molecular formula is C47H44F4N4O9. The van der Waals surface area contributed by atoms with Crippen molar-refractivity contribution in [1.29, 1.82) is 5.26 Å². The summed E-state index contributed by atoms with van der Waals surface area (Å²) < 4.78 is 79.2. The lowest BCUT2D eigenvalue weighted by atomic mass is 9.89. The van der Waals surface area contributed by atoms with Crippen molar-refractivity contribution in [3.8, 4) is 34.4 Å². The minimum Gasteiger partial charge on any atom is -0.494 e. The maximum atomic E-state index is 15.5. The van der Waals surface area contributed by atoms with Crippen LogP contribution in [-0.2, 0) is 31.8 Å². The minimum atomic E-state index is -4.79. The van der Waals surface area contributed by atoms with Gasteiger partial charge in [0.05, 0.1) is 41.5 Å². The number of hydrogen-bond acceptors (Lipinski definition) is 10. The van der Waals surface area contributed by atoms with E-state index in [1.54, 1.807) is 50.2 Å². The van der Waals surface area contributed by atoms with Crippen molar-refractivity contribution in [3.63, 3.8) is 0 Å². The zero-order valence-electron chi connectivity index (χ0n) is 35.0. The number of carbonyl (C=O) groups excluding carboxylic acids is 5. The topological polar surface area (TPSA) is 165 Å². The van der Waals surface area contributed by atoms with E-state index in [1.807, 2.05) is 12.1 Å². The van der Waals surface area contributed by atoms with Crippen LogP contribution < -0.4 is 19.5 Å². The van der Waals surface area contributed by atoms with E-state index in [9.17, 15) is 37.1 Å². The SMILES string of the molecule is CC1(C)CN(Cc2ccc(-c3ccc(OCCCCCOCCOc4cccc5c4C(=O)N(C4CCC(=O)NC4=O)C5=O)cc3)cc2F)C(=O)C1Oc1ccc(C#N)c(C(F)(F)F)c1. The number of alkyl halides is 3. The molecular weight excluding hydrogens is 841 g/mol. The second kappa shape index (κ2) is 18.9. The van der Waals surface area contributed by atoms with E-state index in [1.165, 1.54) is 29.2 Å². The van der Waals surface area contributed by atoms with E-state index in [0.717, 1.165) is 35.8 Å². The highest BCUT2D eigenvalue weighted by Gasteiger charge is 2.49. The van der Waals surface area contributed by atoms with E-state index in [-0.39, 0.29) is 67.3 Å². The van der Waals surface area contributed by atoms with Gasteiger partial charge in [-0.1, -0.05) is 44.2 Å². The summed E-state index contributed by atoms with van der Waals surface area (Å²) in [7, 11) is 0. The van der Waals surface area contributed by atoms with Crippen LogP contribution in [0.4, 0.5) is 17.6 Å². The number of rotatable bonds is 17. The summed E-state index contributed by atoms with van der Waals surface area (Å²) in [6.07, 6.45) is -3.46. The Morgan fingerprint density at radius 3 is 2.28 bits per heavy atom. The van der Waals surface area contributed by atoms with Crippen LogP contribution in [0, 0.1) is 22.6 Å². The Bertz CT molecular complexity index is 2500. The summed E-state index contributed by atoms with van der Waals surface area (Å²) in [4.78, 5) is 65.9. The van der Waals surface area contributed by atoms with Crippen LogP contribution in [0.2, 0.25) is 0 Å². The molecule has 0 aliphatic carbocycles. The monoisotopic (exact) mass is 884 g/mol. The van der Waals surface area contributed by atoms with Crippen LogP contribution in [0.5, 0.6) is 17.2 Å². The van der Waals surface area contributed by atoms with Gasteiger partial charge >= 0.3 is 6.18 Å². The van der Waals surface area contributed by atoms with Crippen molar-refractivity contribution in [2.45, 2.75) is 70.8 Å². The van der Waals surface area contributed by atoms with Crippen molar-refractivity contribution < 1.29 is 60.5 Å². The number of carbonyl (C=O) groups is 5. The van der Waals surface area contributed by atoms with Crippen LogP contribution >= 0.6 is 0 Å². The number of unbranched alkanes of at least 4 members (excludes halogenated alkanes) is 2. The maximum Gasteiger partial charge on any atom is 0.417 e. The molecule has 1 N–H and O–H groups in total. The van der Waals surface area contributed by atoms with Crippen molar-refractivity contribution in [3.05, 3.63) is 112 Å². The highest BCUT2D eigenvalue weighted by molar-refractivity contribution is 6.24. The molecule has 3 aliphatic heterocycles. The number of likely N-dealkylation sites (tertiary alicyclic amines) is 1. The van der Waals surface area contributed by atoms with Gasteiger partial charge in [-0.25, -0.2) is 4.39 Å². The molecule has 5 amide bonds. The molecule has 0 spiro atoms. The van der Waals surface area contributed by atoms with E-state index in [2.05, 4.69) is 5.32 Å². The molecule has 0 aromatic heterocycles. The summed E-state index contributed by atoms with van der Waals surface area (Å²) in [5, 5.41) is 11.3. The maximum absolute atomic E-state index is 15.5. The number of imide groups is 2. The predicted octanol–water partition coefficient (Wildman–Crippen LogP) is 7.25. The van der Waals surface area contributed by atoms with Gasteiger partial charge in [0.15, 0.2) is 6.10 Å². The lowest BCUT2D eigenvalue weighted by Gasteiger charge is -2.27. The van der Waals surface area contributed by atoms with Crippen LogP contribution in [0.25, 0.3) is 11.1 Å². The lowest BCUT2D eigenvalue weighted by Crippen LogP contribution is -2.54. The Morgan fingerprint density at radius 2 is 1.56 bits per heavy atom. The number of halogens is 4. The summed E-state index contributed by atoms with van der Waals surface area (Å²) >= 11 is 0. The smallest absolute Gasteiger partial charge is 0.417 e. The van der Waals surface area contributed by atoms with Gasteiger partial charge < -0.3 is 23.8 Å². The molecule has 4 aromatic rings. The Labute approximate surface area is 365 Å². The normalized spacial score (nSPS) is 18.2. The van der Waals surface area contributed by atoms with Gasteiger partial charge in [0.2, 0.25) is 11.8 Å². The Kier molecular flexibility index (Phi) is 13.4. The molecule has 2 atom stereocenters. The minimum absolute atomic E-state index is 0.0285. The number of nitrogens with zero attached hydrogens (tertiary/aromatic N) is 3. The zero-order valence-corrected chi connectivity index (χ0v) is 35.0. The molecule has 13 nitrogen and oxygen atoms in total. The Morgan fingerprint density at radius 1 is 0.828 bits per heavy atom. The van der Waals surface area contributed by atoms with Crippen molar-refractivity contribution in [2.24, 2.45) is 5.41 Å². The fraction of sp³-hybridized carbons (Fsp3) is 0.362. The van der Waals surface area contributed by atoms with Crippen LogP contribution in [0.15, 0.2) is 78.9 Å². The first-order valence-corrected chi connectivity index (χ1v) is 20.7. The molecule has 2 saturated heterocycles. The number of piperidine rings is 1. The number of benzene rings is 4. The Hall–Kier alpha value is -6.80. The molecule has 2 unspecified atom stereocenters. The molecule has 64 heavy (non-hydrogen) atoms. The second-order valence-corrected chi connectivity index (χ2v) is 16.3. The summed E-state index contributed by atoms with van der Waals surface area (Å²) in [6.45, 7) is 4.90. The van der Waals surface area contributed by atoms with Crippen LogP contribution in [-0.4, -0.2) is 84.5 Å². The van der Waals surface area contributed by atoms with Gasteiger partial charge in [-0.15, -0.1) is 0 Å². The molecule has 3 heterocycles. The molecule has 4 aromatic carbocycles. The van der Waals surface area contributed by atoms with Gasteiger partial charge in [0.1, 0.15) is 35.7 Å². The first-order valence-electron chi connectivity index (χ1n) is 20.7. The second-order valence-electron chi connectivity index (χ2n) is 16.3. The third-order valence-corrected chi connectivity index (χ3v) is 11.2. The molecule has 2 fully saturated rings. The first kappa shape index (κ1) is 45.2. The standard InChI is InChI=1S/C47H44F4N4O9/c1-46(2)27-54(45(60)41(46)64-33-16-13-30(25-52)35(24-33)47(49,50)51)26-31-10-9-29(23-36(31)48)28-11-14-32(15-12-28)62-20-5-3-4-19-61-21-22-63-38-8-6-7-34-40(38)44(59)55(43(34)58)37-17-18-39(56)53-42(37)57/h6-16,23-24,37,41H,3-5,17-22,26-27H2,1-2H3,(H,53,56,57). The summed E-state index contributed by atoms with van der Waals surface area (Å²) in [5.74, 6) is -2.74. The van der Waals surface area contributed by atoms with Gasteiger partial charge in [-0.2, -0.15) is 18.4 Å². The quantitative estimate of drug-likeness (QED) is 0.0649. The summed E-state index contributed by atoms with van der Waals surface area (Å²) in [6, 6.07) is 20.0. The average molecular weight is 885 g/mol. The molecule has 0 saturated carbocycles. The molecule has 334 valence electrons. The third kappa shape index (κ3) is 9.87. The molecule has 0 bridgehead atoms. The van der Waals surface area contributed by atoms with Crippen molar-refractivity contribution in [1.82, 2.24) is 15.1 Å². The number of hydrogen-bond donors (Lipinski definition) is 1. The zero-order chi connectivity index (χ0) is 45.8. The Balaban J connectivity index is 0.809. The number of nitrogens with one attached hydrogen (secondary N) is 1. The predicted molar refractivity (Wildman–Crippen MR) is 220 cm³/mol. The van der Waals surface area contributed by atoms with Gasteiger partial charge in [-0.3, -0.25) is 34.2 Å². The number of ether oxygens (including phenoxy) is 4. The van der Waals surface area contributed by atoms with Gasteiger partial charge in [-0.05, 0) is 85.3 Å². The molecule has 3 aliphatic rings. The van der Waals surface area contributed by atoms with Crippen molar-refractivity contribution in [2.75, 3.05) is 33.0 Å². The van der Waals surface area contributed by atoms with E-state index in [4.69, 9.17) is 24.2 Å². The number of amides is 5. The molecule has 7 rings (SSSR count). The fourth-order valence-electron chi connectivity index (χ4n) is 7.96. The largest absolute Gasteiger partial charge is 0.494 e. The highest BCUT2D eigenvalue weighted by atomic mass is 19.4. The lowest BCUT2D eigenvalue weighted by molar-refractivity contribution is -0.138.